The van der Waals surface area contributed by atoms with Crippen LogP contribution in [0.25, 0.3) is 0 Å². The Kier molecular flexibility index (Phi) is 6.54. The van der Waals surface area contributed by atoms with E-state index in [2.05, 4.69) is 12.2 Å². The predicted molar refractivity (Wildman–Crippen MR) is 73.9 cm³/mol. The second-order valence-corrected chi connectivity index (χ2v) is 4.33. The smallest absolute Gasteiger partial charge is 0.254 e. The molecular weight excluding hydrogens is 252 g/mol. The molecule has 100 valence electrons. The monoisotopic (exact) mass is 270 g/mol. The first-order valence-corrected chi connectivity index (χ1v) is 6.44. The Morgan fingerprint density at radius 3 is 2.89 bits per heavy atom. The van der Waals surface area contributed by atoms with E-state index in [9.17, 15) is 4.79 Å². The molecule has 3 N–H and O–H groups in total. The number of rotatable bonds is 7. The van der Waals surface area contributed by atoms with Crippen molar-refractivity contribution >= 4 is 23.2 Å². The molecule has 0 saturated carbocycles. The molecule has 0 heterocycles. The van der Waals surface area contributed by atoms with Crippen molar-refractivity contribution in [2.24, 2.45) is 0 Å². The number of benzene rings is 1. The van der Waals surface area contributed by atoms with Crippen LogP contribution in [0.3, 0.4) is 0 Å². The van der Waals surface area contributed by atoms with Gasteiger partial charge in [-0.25, -0.2) is 0 Å². The maximum absolute atomic E-state index is 11.9. The Morgan fingerprint density at radius 1 is 1.44 bits per heavy atom. The van der Waals surface area contributed by atoms with E-state index in [0.717, 1.165) is 19.4 Å². The van der Waals surface area contributed by atoms with Gasteiger partial charge in [0.1, 0.15) is 0 Å². The molecule has 0 bridgehead atoms. The lowest BCUT2D eigenvalue weighted by Gasteiger charge is -2.09. The zero-order valence-corrected chi connectivity index (χ0v) is 11.3. The molecule has 0 radical (unpaired) electrons. The van der Waals surface area contributed by atoms with Gasteiger partial charge in [-0.1, -0.05) is 24.6 Å². The first kappa shape index (κ1) is 14.8. The summed E-state index contributed by atoms with van der Waals surface area (Å²) in [5, 5.41) is 3.14. The molecule has 1 aromatic carbocycles. The second kappa shape index (κ2) is 7.95. The highest BCUT2D eigenvalue weighted by Crippen LogP contribution is 2.21. The van der Waals surface area contributed by atoms with Crippen LogP contribution in [0.2, 0.25) is 5.02 Å². The van der Waals surface area contributed by atoms with Gasteiger partial charge >= 0.3 is 0 Å². The van der Waals surface area contributed by atoms with E-state index in [0.29, 0.717) is 29.4 Å². The summed E-state index contributed by atoms with van der Waals surface area (Å²) in [6.07, 6.45) is 1.78. The van der Waals surface area contributed by atoms with Crippen LogP contribution >= 0.6 is 11.6 Å². The van der Waals surface area contributed by atoms with Gasteiger partial charge in [-0.2, -0.15) is 0 Å². The summed E-state index contributed by atoms with van der Waals surface area (Å²) in [6, 6.07) is 5.02. The fourth-order valence-electron chi connectivity index (χ4n) is 1.49. The molecule has 0 saturated heterocycles. The van der Waals surface area contributed by atoms with Crippen molar-refractivity contribution in [1.29, 1.82) is 0 Å². The Bertz CT molecular complexity index is 376. The van der Waals surface area contributed by atoms with Gasteiger partial charge in [0.15, 0.2) is 0 Å². The molecule has 1 rings (SSSR count). The minimum absolute atomic E-state index is 0.242. The lowest BCUT2D eigenvalue weighted by atomic mass is 10.1. The van der Waals surface area contributed by atoms with Gasteiger partial charge in [0.05, 0.1) is 10.6 Å². The van der Waals surface area contributed by atoms with Crippen LogP contribution in [0.5, 0.6) is 0 Å². The minimum atomic E-state index is -0.242. The third-order valence-electron chi connectivity index (χ3n) is 2.37. The Morgan fingerprint density at radius 2 is 2.22 bits per heavy atom. The highest BCUT2D eigenvalue weighted by Gasteiger charge is 2.12. The summed E-state index contributed by atoms with van der Waals surface area (Å²) in [5.41, 5.74) is 6.45. The van der Waals surface area contributed by atoms with E-state index in [1.54, 1.807) is 18.2 Å². The van der Waals surface area contributed by atoms with Crippen molar-refractivity contribution in [3.63, 3.8) is 0 Å². The van der Waals surface area contributed by atoms with Gasteiger partial charge in [-0.05, 0) is 25.0 Å². The molecule has 0 aliphatic rings. The fraction of sp³-hybridized carbons (Fsp3) is 0.462. The number of anilines is 1. The van der Waals surface area contributed by atoms with Crippen molar-refractivity contribution in [3.05, 3.63) is 28.8 Å². The highest BCUT2D eigenvalue weighted by molar-refractivity contribution is 6.34. The summed E-state index contributed by atoms with van der Waals surface area (Å²) >= 11 is 5.94. The molecule has 0 spiro atoms. The number of carbonyl (C=O) groups is 1. The van der Waals surface area contributed by atoms with E-state index < -0.39 is 0 Å². The average Bonchev–Trinajstić information content (AvgIpc) is 2.33. The summed E-state index contributed by atoms with van der Waals surface area (Å²) in [6.45, 7) is 4.01. The largest absolute Gasteiger partial charge is 0.398 e. The molecular formula is C13H19ClN2O2. The average molecular weight is 271 g/mol. The maximum atomic E-state index is 11.9. The van der Waals surface area contributed by atoms with E-state index in [4.69, 9.17) is 22.1 Å². The molecule has 5 heteroatoms. The summed E-state index contributed by atoms with van der Waals surface area (Å²) in [5.74, 6) is -0.242. The van der Waals surface area contributed by atoms with Gasteiger partial charge in [0, 0.05) is 25.4 Å². The van der Waals surface area contributed by atoms with Gasteiger partial charge in [-0.15, -0.1) is 0 Å². The second-order valence-electron chi connectivity index (χ2n) is 3.93. The number of hydrogen-bond acceptors (Lipinski definition) is 3. The Hall–Kier alpha value is -1.26. The minimum Gasteiger partial charge on any atom is -0.398 e. The van der Waals surface area contributed by atoms with Crippen LogP contribution < -0.4 is 11.1 Å². The van der Waals surface area contributed by atoms with Gasteiger partial charge in [0.25, 0.3) is 5.91 Å². The standard InChI is InChI=1S/C13H19ClN2O2/c1-2-8-18-9-4-7-16-13(17)12-10(14)5-3-6-11(12)15/h3,5-6H,2,4,7-9,15H2,1H3,(H,16,17). The molecule has 0 atom stereocenters. The van der Waals surface area contributed by atoms with Crippen molar-refractivity contribution < 1.29 is 9.53 Å². The Balaban J connectivity index is 2.37. The first-order chi connectivity index (χ1) is 8.66. The van der Waals surface area contributed by atoms with Crippen molar-refractivity contribution in [1.82, 2.24) is 5.32 Å². The van der Waals surface area contributed by atoms with Gasteiger partial charge in [0.2, 0.25) is 0 Å². The maximum Gasteiger partial charge on any atom is 0.254 e. The molecule has 1 aromatic rings. The summed E-state index contributed by atoms with van der Waals surface area (Å²) in [4.78, 5) is 11.9. The molecule has 0 aromatic heterocycles. The van der Waals surface area contributed by atoms with Gasteiger partial charge in [-0.3, -0.25) is 4.79 Å². The Labute approximate surface area is 112 Å². The molecule has 0 unspecified atom stereocenters. The lowest BCUT2D eigenvalue weighted by Crippen LogP contribution is -2.26. The van der Waals surface area contributed by atoms with Gasteiger partial charge < -0.3 is 15.8 Å². The number of carbonyl (C=O) groups excluding carboxylic acids is 1. The topological polar surface area (TPSA) is 64.3 Å². The zero-order chi connectivity index (χ0) is 13.4. The van der Waals surface area contributed by atoms with Crippen LogP contribution in [0.15, 0.2) is 18.2 Å². The SMILES string of the molecule is CCCOCCCNC(=O)c1c(N)cccc1Cl. The number of amides is 1. The third-order valence-corrected chi connectivity index (χ3v) is 2.69. The third kappa shape index (κ3) is 4.55. The first-order valence-electron chi connectivity index (χ1n) is 6.06. The lowest BCUT2D eigenvalue weighted by molar-refractivity contribution is 0.0942. The van der Waals surface area contributed by atoms with E-state index >= 15 is 0 Å². The van der Waals surface area contributed by atoms with Crippen LogP contribution in [0, 0.1) is 0 Å². The predicted octanol–water partition coefficient (Wildman–Crippen LogP) is 2.47. The molecule has 0 aliphatic heterocycles. The zero-order valence-electron chi connectivity index (χ0n) is 10.5. The van der Waals surface area contributed by atoms with Crippen LogP contribution in [0.1, 0.15) is 30.1 Å². The van der Waals surface area contributed by atoms with Crippen molar-refractivity contribution in [2.75, 3.05) is 25.5 Å². The summed E-state index contributed by atoms with van der Waals surface area (Å²) < 4.78 is 5.32. The van der Waals surface area contributed by atoms with E-state index in [1.807, 2.05) is 0 Å². The molecule has 1 amide bonds. The number of ether oxygens (including phenoxy) is 1. The number of nitrogens with one attached hydrogen (secondary N) is 1. The van der Waals surface area contributed by atoms with Crippen molar-refractivity contribution in [2.45, 2.75) is 19.8 Å². The number of hydrogen-bond donors (Lipinski definition) is 2. The number of halogens is 1. The van der Waals surface area contributed by atoms with Crippen molar-refractivity contribution in [3.8, 4) is 0 Å². The van der Waals surface area contributed by atoms with Crippen LogP contribution in [-0.4, -0.2) is 25.7 Å². The molecule has 4 nitrogen and oxygen atoms in total. The van der Waals surface area contributed by atoms with Crippen LogP contribution in [-0.2, 0) is 4.74 Å². The number of nitrogens with two attached hydrogens (primary N) is 1. The fourth-order valence-corrected chi connectivity index (χ4v) is 1.76. The quantitative estimate of drug-likeness (QED) is 0.591. The molecule has 0 aliphatic carbocycles. The number of nitrogen functional groups attached to an aromatic ring is 1. The highest BCUT2D eigenvalue weighted by atomic mass is 35.5. The molecule has 18 heavy (non-hydrogen) atoms. The van der Waals surface area contributed by atoms with E-state index in [1.165, 1.54) is 0 Å². The molecule has 0 fully saturated rings. The van der Waals surface area contributed by atoms with E-state index in [-0.39, 0.29) is 5.91 Å². The normalized spacial score (nSPS) is 10.3. The van der Waals surface area contributed by atoms with Crippen LogP contribution in [0.4, 0.5) is 5.69 Å². The summed E-state index contributed by atoms with van der Waals surface area (Å²) in [7, 11) is 0.